The number of rotatable bonds is 4. The number of methoxy groups -OCH3 is 2. The summed E-state index contributed by atoms with van der Waals surface area (Å²) in [4.78, 5) is 0. The lowest BCUT2D eigenvalue weighted by molar-refractivity contribution is 0.410. The zero-order chi connectivity index (χ0) is 16.2. The first-order valence-electron chi connectivity index (χ1n) is 7.61. The Morgan fingerprint density at radius 3 is 1.91 bits per heavy atom. The van der Waals surface area contributed by atoms with Crippen LogP contribution in [-0.2, 0) is 0 Å². The summed E-state index contributed by atoms with van der Waals surface area (Å²) in [7, 11) is 4.43. The number of hydrogen-bond donors (Lipinski definition) is 0. The molecule has 0 heterocycles. The molecule has 0 atom stereocenters. The maximum absolute atomic E-state index is 5.64. The van der Waals surface area contributed by atoms with E-state index in [0.29, 0.717) is 0 Å². The highest BCUT2D eigenvalue weighted by atomic mass is 28.1. The van der Waals surface area contributed by atoms with Crippen molar-refractivity contribution in [3.8, 4) is 33.8 Å². The third-order valence-corrected chi connectivity index (χ3v) is 4.58. The molecule has 0 N–H and O–H groups in total. The molecule has 0 aromatic heterocycles. The number of hydrogen-bond acceptors (Lipinski definition) is 2. The molecular formula is C20H20O2Si. The van der Waals surface area contributed by atoms with Crippen molar-refractivity contribution >= 4 is 15.4 Å². The second-order valence-electron chi connectivity index (χ2n) is 5.48. The first-order chi connectivity index (χ1) is 11.2. The third-order valence-electron chi connectivity index (χ3n) is 3.96. The van der Waals surface area contributed by atoms with Gasteiger partial charge in [-0.25, -0.2) is 0 Å². The normalized spacial score (nSPS) is 10.5. The SMILES string of the molecule is COc1cc([SiH3])ccc1-c1ccc(-c2ccccc2)cc1OC. The summed E-state index contributed by atoms with van der Waals surface area (Å²) in [6, 6.07) is 23.0. The zero-order valence-corrected chi connectivity index (χ0v) is 15.7. The van der Waals surface area contributed by atoms with E-state index in [1.165, 1.54) is 10.8 Å². The largest absolute Gasteiger partial charge is 0.496 e. The van der Waals surface area contributed by atoms with Crippen molar-refractivity contribution in [1.29, 1.82) is 0 Å². The Bertz CT molecular complexity index is 813. The summed E-state index contributed by atoms with van der Waals surface area (Å²) in [6.45, 7) is 0. The van der Waals surface area contributed by atoms with Gasteiger partial charge in [0, 0.05) is 21.4 Å². The maximum atomic E-state index is 5.64. The molecule has 0 radical (unpaired) electrons. The van der Waals surface area contributed by atoms with E-state index in [1.54, 1.807) is 14.2 Å². The van der Waals surface area contributed by atoms with Crippen LogP contribution in [0.2, 0.25) is 0 Å². The minimum atomic E-state index is 0.853. The van der Waals surface area contributed by atoms with Gasteiger partial charge in [0.25, 0.3) is 0 Å². The lowest BCUT2D eigenvalue weighted by Crippen LogP contribution is -2.03. The van der Waals surface area contributed by atoms with E-state index < -0.39 is 0 Å². The molecule has 3 aromatic carbocycles. The molecule has 0 aliphatic rings. The Balaban J connectivity index is 2.11. The third kappa shape index (κ3) is 3.15. The Hall–Kier alpha value is -2.52. The van der Waals surface area contributed by atoms with Gasteiger partial charge in [-0.2, -0.15) is 0 Å². The van der Waals surface area contributed by atoms with Crippen LogP contribution in [0.25, 0.3) is 22.3 Å². The first kappa shape index (κ1) is 15.4. The van der Waals surface area contributed by atoms with Crippen molar-refractivity contribution in [2.75, 3.05) is 14.2 Å². The van der Waals surface area contributed by atoms with E-state index in [1.807, 2.05) is 18.2 Å². The quantitative estimate of drug-likeness (QED) is 0.688. The molecule has 3 aromatic rings. The van der Waals surface area contributed by atoms with Gasteiger partial charge in [-0.15, -0.1) is 0 Å². The lowest BCUT2D eigenvalue weighted by atomic mass is 9.98. The fraction of sp³-hybridized carbons (Fsp3) is 0.100. The highest BCUT2D eigenvalue weighted by Crippen LogP contribution is 2.38. The molecular weight excluding hydrogens is 300 g/mol. The monoisotopic (exact) mass is 320 g/mol. The second-order valence-corrected chi connectivity index (χ2v) is 6.64. The van der Waals surface area contributed by atoms with E-state index in [9.17, 15) is 0 Å². The van der Waals surface area contributed by atoms with E-state index in [0.717, 1.165) is 38.4 Å². The van der Waals surface area contributed by atoms with Gasteiger partial charge in [0.2, 0.25) is 0 Å². The zero-order valence-electron chi connectivity index (χ0n) is 13.7. The molecule has 3 rings (SSSR count). The molecule has 0 aliphatic heterocycles. The van der Waals surface area contributed by atoms with Gasteiger partial charge in [-0.3, -0.25) is 0 Å². The molecule has 0 saturated heterocycles. The summed E-state index contributed by atoms with van der Waals surface area (Å²) in [6.07, 6.45) is 0. The molecule has 3 heteroatoms. The summed E-state index contributed by atoms with van der Waals surface area (Å²) < 4.78 is 11.2. The Morgan fingerprint density at radius 2 is 1.26 bits per heavy atom. The van der Waals surface area contributed by atoms with Crippen molar-refractivity contribution in [2.24, 2.45) is 0 Å². The van der Waals surface area contributed by atoms with Crippen LogP contribution in [-0.4, -0.2) is 24.5 Å². The van der Waals surface area contributed by atoms with Crippen molar-refractivity contribution in [3.05, 3.63) is 66.7 Å². The molecule has 2 nitrogen and oxygen atoms in total. The van der Waals surface area contributed by atoms with Crippen molar-refractivity contribution in [3.63, 3.8) is 0 Å². The van der Waals surface area contributed by atoms with Crippen molar-refractivity contribution < 1.29 is 9.47 Å². The van der Waals surface area contributed by atoms with Crippen molar-refractivity contribution in [1.82, 2.24) is 0 Å². The van der Waals surface area contributed by atoms with Gasteiger partial charge < -0.3 is 9.47 Å². The molecule has 0 spiro atoms. The van der Waals surface area contributed by atoms with Crippen LogP contribution in [0.5, 0.6) is 11.5 Å². The highest BCUT2D eigenvalue weighted by Gasteiger charge is 2.12. The molecule has 0 saturated carbocycles. The average molecular weight is 320 g/mol. The van der Waals surface area contributed by atoms with Gasteiger partial charge in [0.15, 0.2) is 0 Å². The standard InChI is InChI=1S/C20H20O2Si/c1-21-19-12-15(14-6-4-3-5-7-14)8-10-17(19)18-11-9-16(23)13-20(18)22-2/h3-13H,1-2,23H3. The highest BCUT2D eigenvalue weighted by molar-refractivity contribution is 6.32. The van der Waals surface area contributed by atoms with Crippen LogP contribution in [0.4, 0.5) is 0 Å². The van der Waals surface area contributed by atoms with Crippen LogP contribution < -0.4 is 14.7 Å². The smallest absolute Gasteiger partial charge is 0.127 e. The summed E-state index contributed by atoms with van der Waals surface area (Å²) >= 11 is 0. The van der Waals surface area contributed by atoms with Gasteiger partial charge in [-0.1, -0.05) is 53.7 Å². The van der Waals surface area contributed by atoms with Gasteiger partial charge in [0.1, 0.15) is 11.5 Å². The lowest BCUT2D eigenvalue weighted by Gasteiger charge is -2.14. The predicted molar refractivity (Wildman–Crippen MR) is 100.0 cm³/mol. The summed E-state index contributed by atoms with van der Waals surface area (Å²) in [5, 5.41) is 1.31. The Labute approximate surface area is 140 Å². The van der Waals surface area contributed by atoms with E-state index in [4.69, 9.17) is 9.47 Å². The summed E-state index contributed by atoms with van der Waals surface area (Å²) in [5.74, 6) is 1.74. The molecule has 0 amide bonds. The van der Waals surface area contributed by atoms with Crippen LogP contribution in [0.1, 0.15) is 0 Å². The van der Waals surface area contributed by atoms with Crippen molar-refractivity contribution in [2.45, 2.75) is 0 Å². The molecule has 23 heavy (non-hydrogen) atoms. The Morgan fingerprint density at radius 1 is 0.652 bits per heavy atom. The maximum Gasteiger partial charge on any atom is 0.127 e. The predicted octanol–water partition coefficient (Wildman–Crippen LogP) is 3.03. The van der Waals surface area contributed by atoms with E-state index >= 15 is 0 Å². The number of benzene rings is 3. The van der Waals surface area contributed by atoms with Crippen LogP contribution in [0.3, 0.4) is 0 Å². The fourth-order valence-corrected chi connectivity index (χ4v) is 3.17. The molecule has 0 aliphatic carbocycles. The minimum Gasteiger partial charge on any atom is -0.496 e. The average Bonchev–Trinajstić information content (AvgIpc) is 2.62. The number of ether oxygens (including phenoxy) is 2. The molecule has 116 valence electrons. The van der Waals surface area contributed by atoms with E-state index in [2.05, 4.69) is 48.5 Å². The fourth-order valence-electron chi connectivity index (χ4n) is 2.74. The van der Waals surface area contributed by atoms with Crippen LogP contribution >= 0.6 is 0 Å². The molecule has 0 fully saturated rings. The van der Waals surface area contributed by atoms with Crippen LogP contribution in [0.15, 0.2) is 66.7 Å². The summed E-state index contributed by atoms with van der Waals surface area (Å²) in [5.41, 5.74) is 4.43. The van der Waals surface area contributed by atoms with E-state index in [-0.39, 0.29) is 0 Å². The molecule has 0 unspecified atom stereocenters. The van der Waals surface area contributed by atoms with Gasteiger partial charge in [0.05, 0.1) is 14.2 Å². The minimum absolute atomic E-state index is 0.853. The molecule has 0 bridgehead atoms. The second kappa shape index (κ2) is 6.71. The van der Waals surface area contributed by atoms with Crippen LogP contribution in [0, 0.1) is 0 Å². The van der Waals surface area contributed by atoms with Gasteiger partial charge in [-0.05, 0) is 29.3 Å². The first-order valence-corrected chi connectivity index (χ1v) is 8.61. The topological polar surface area (TPSA) is 18.5 Å². The van der Waals surface area contributed by atoms with Gasteiger partial charge >= 0.3 is 0 Å². The Kier molecular flexibility index (Phi) is 4.49.